The fourth-order valence-electron chi connectivity index (χ4n) is 3.15. The zero-order chi connectivity index (χ0) is 23.6. The van der Waals surface area contributed by atoms with Gasteiger partial charge in [0.15, 0.2) is 5.82 Å². The number of fused-ring (bicyclic) bond motifs is 1. The molecule has 2 N–H and O–H groups in total. The standard InChI is InChI=1S/C21H19BrN6O4S/c1-14-4-6-23-19(8-14)28-12-17(10-25-28)33(31,32)26-20(29)11-24-21(30)13-27-7-5-15-2-3-16(22)9-18(15)27/h2-10,12H,11,13H2,1H3,(H,24,30)(H,26,29). The molecule has 0 saturated carbocycles. The number of amides is 2. The molecule has 3 aromatic heterocycles. The molecule has 4 aromatic rings. The second kappa shape index (κ2) is 9.16. The van der Waals surface area contributed by atoms with Crippen LogP contribution in [0.4, 0.5) is 0 Å². The Kier molecular flexibility index (Phi) is 6.29. The van der Waals surface area contributed by atoms with Gasteiger partial charge in [-0.1, -0.05) is 22.0 Å². The molecule has 0 aliphatic carbocycles. The van der Waals surface area contributed by atoms with Gasteiger partial charge in [0, 0.05) is 22.4 Å². The van der Waals surface area contributed by atoms with Gasteiger partial charge in [0.25, 0.3) is 15.9 Å². The third-order valence-electron chi connectivity index (χ3n) is 4.75. The first-order valence-electron chi connectivity index (χ1n) is 9.76. The number of pyridine rings is 1. The smallest absolute Gasteiger partial charge is 0.267 e. The Morgan fingerprint density at radius 3 is 2.73 bits per heavy atom. The van der Waals surface area contributed by atoms with Gasteiger partial charge in [-0.2, -0.15) is 5.10 Å². The van der Waals surface area contributed by atoms with Gasteiger partial charge in [0.05, 0.1) is 18.9 Å². The van der Waals surface area contributed by atoms with Crippen molar-refractivity contribution in [3.05, 3.63) is 71.2 Å². The summed E-state index contributed by atoms with van der Waals surface area (Å²) in [5.74, 6) is -0.858. The number of benzene rings is 1. The second-order valence-electron chi connectivity index (χ2n) is 7.26. The lowest BCUT2D eigenvalue weighted by Gasteiger charge is -2.08. The maximum absolute atomic E-state index is 12.5. The molecule has 3 heterocycles. The molecule has 33 heavy (non-hydrogen) atoms. The summed E-state index contributed by atoms with van der Waals surface area (Å²) in [5, 5.41) is 7.40. The predicted molar refractivity (Wildman–Crippen MR) is 124 cm³/mol. The van der Waals surface area contributed by atoms with E-state index >= 15 is 0 Å². The zero-order valence-electron chi connectivity index (χ0n) is 17.4. The number of hydrogen-bond donors (Lipinski definition) is 2. The molecule has 0 aliphatic rings. The van der Waals surface area contributed by atoms with Gasteiger partial charge in [0.1, 0.15) is 11.4 Å². The van der Waals surface area contributed by atoms with Crippen molar-refractivity contribution in [1.29, 1.82) is 0 Å². The van der Waals surface area contributed by atoms with Crippen molar-refractivity contribution >= 4 is 48.7 Å². The van der Waals surface area contributed by atoms with Crippen LogP contribution in [0.15, 0.2) is 70.6 Å². The summed E-state index contributed by atoms with van der Waals surface area (Å²) in [5.41, 5.74) is 1.79. The van der Waals surface area contributed by atoms with Gasteiger partial charge in [0.2, 0.25) is 5.91 Å². The number of sulfonamides is 1. The molecule has 0 spiro atoms. The van der Waals surface area contributed by atoms with Crippen LogP contribution in [-0.4, -0.2) is 46.1 Å². The fraction of sp³-hybridized carbons (Fsp3) is 0.143. The maximum Gasteiger partial charge on any atom is 0.267 e. The van der Waals surface area contributed by atoms with Crippen LogP contribution in [-0.2, 0) is 26.2 Å². The first-order valence-corrected chi connectivity index (χ1v) is 12.0. The molecule has 10 nitrogen and oxygen atoms in total. The lowest BCUT2D eigenvalue weighted by Crippen LogP contribution is -2.40. The lowest BCUT2D eigenvalue weighted by atomic mass is 10.2. The van der Waals surface area contributed by atoms with Crippen LogP contribution in [0.5, 0.6) is 0 Å². The average molecular weight is 531 g/mol. The van der Waals surface area contributed by atoms with Crippen molar-refractivity contribution in [1.82, 2.24) is 29.4 Å². The SMILES string of the molecule is Cc1ccnc(-n2cc(S(=O)(=O)NC(=O)CNC(=O)Cn3ccc4ccc(Br)cc43)cn2)c1. The van der Waals surface area contributed by atoms with Crippen molar-refractivity contribution < 1.29 is 18.0 Å². The Hall–Kier alpha value is -3.51. The second-order valence-corrected chi connectivity index (χ2v) is 9.86. The molecule has 2 amide bonds. The Morgan fingerprint density at radius 2 is 1.94 bits per heavy atom. The molecule has 0 radical (unpaired) electrons. The minimum atomic E-state index is -4.16. The summed E-state index contributed by atoms with van der Waals surface area (Å²) in [4.78, 5) is 28.4. The molecule has 12 heteroatoms. The monoisotopic (exact) mass is 530 g/mol. The lowest BCUT2D eigenvalue weighted by molar-refractivity contribution is -0.125. The highest BCUT2D eigenvalue weighted by atomic mass is 79.9. The Bertz CT molecular complexity index is 1460. The number of aryl methyl sites for hydroxylation is 1. The molecule has 0 unspecified atom stereocenters. The third-order valence-corrected chi connectivity index (χ3v) is 6.57. The summed E-state index contributed by atoms with van der Waals surface area (Å²) < 4.78 is 30.9. The van der Waals surface area contributed by atoms with Gasteiger partial charge >= 0.3 is 0 Å². The van der Waals surface area contributed by atoms with Gasteiger partial charge in [-0.3, -0.25) is 9.59 Å². The molecule has 0 fully saturated rings. The maximum atomic E-state index is 12.5. The predicted octanol–water partition coefficient (Wildman–Crippen LogP) is 1.91. The number of rotatable bonds is 7. The van der Waals surface area contributed by atoms with Crippen LogP contribution < -0.4 is 10.0 Å². The normalized spacial score (nSPS) is 11.5. The number of halogens is 1. The molecular weight excluding hydrogens is 512 g/mol. The molecule has 0 saturated heterocycles. The summed E-state index contributed by atoms with van der Waals surface area (Å²) in [6.07, 6.45) is 5.72. The Labute approximate surface area is 197 Å². The number of hydrogen-bond acceptors (Lipinski definition) is 6. The van der Waals surface area contributed by atoms with E-state index in [9.17, 15) is 18.0 Å². The van der Waals surface area contributed by atoms with E-state index < -0.39 is 28.4 Å². The molecule has 1 aromatic carbocycles. The zero-order valence-corrected chi connectivity index (χ0v) is 19.8. The minimum absolute atomic E-state index is 0.0176. The first-order chi connectivity index (χ1) is 15.7. The van der Waals surface area contributed by atoms with Gasteiger partial charge in [-0.25, -0.2) is 22.8 Å². The van der Waals surface area contributed by atoms with E-state index in [4.69, 9.17) is 0 Å². The number of aromatic nitrogens is 4. The van der Waals surface area contributed by atoms with Gasteiger partial charge in [-0.05, 0) is 48.2 Å². The van der Waals surface area contributed by atoms with E-state index in [0.717, 1.165) is 27.1 Å². The number of nitrogens with one attached hydrogen (secondary N) is 2. The molecule has 0 atom stereocenters. The van der Waals surface area contributed by atoms with E-state index in [1.807, 2.05) is 35.9 Å². The average Bonchev–Trinajstić information content (AvgIpc) is 3.40. The van der Waals surface area contributed by atoms with E-state index in [1.54, 1.807) is 29.1 Å². The molecule has 0 bridgehead atoms. The van der Waals surface area contributed by atoms with Crippen LogP contribution in [0.1, 0.15) is 5.56 Å². The third kappa shape index (κ3) is 5.29. The van der Waals surface area contributed by atoms with Crippen molar-refractivity contribution in [2.45, 2.75) is 18.4 Å². The topological polar surface area (TPSA) is 128 Å². The number of carbonyl (C=O) groups excluding carboxylic acids is 2. The summed E-state index contributed by atoms with van der Waals surface area (Å²) in [7, 11) is -4.16. The quantitative estimate of drug-likeness (QED) is 0.375. The van der Waals surface area contributed by atoms with E-state index in [2.05, 4.69) is 31.3 Å². The van der Waals surface area contributed by atoms with Gasteiger partial charge in [-0.15, -0.1) is 0 Å². The largest absolute Gasteiger partial charge is 0.345 e. The molecule has 170 valence electrons. The Morgan fingerprint density at radius 1 is 1.12 bits per heavy atom. The van der Waals surface area contributed by atoms with Crippen molar-refractivity contribution in [2.75, 3.05) is 6.54 Å². The number of carbonyl (C=O) groups is 2. The molecule has 4 rings (SSSR count). The van der Waals surface area contributed by atoms with Crippen molar-refractivity contribution in [3.8, 4) is 5.82 Å². The Balaban J connectivity index is 1.35. The summed E-state index contributed by atoms with van der Waals surface area (Å²) >= 11 is 3.40. The van der Waals surface area contributed by atoms with Crippen molar-refractivity contribution in [3.63, 3.8) is 0 Å². The molecule has 0 aliphatic heterocycles. The summed E-state index contributed by atoms with van der Waals surface area (Å²) in [6, 6.07) is 11.1. The van der Waals surface area contributed by atoms with Crippen LogP contribution >= 0.6 is 15.9 Å². The van der Waals surface area contributed by atoms with Crippen LogP contribution in [0.2, 0.25) is 0 Å². The van der Waals surface area contributed by atoms with Crippen molar-refractivity contribution in [2.24, 2.45) is 0 Å². The van der Waals surface area contributed by atoms with Crippen LogP contribution in [0, 0.1) is 6.92 Å². The fourth-order valence-corrected chi connectivity index (χ4v) is 4.41. The molecular formula is C21H19BrN6O4S. The highest BCUT2D eigenvalue weighted by molar-refractivity contribution is 9.10. The minimum Gasteiger partial charge on any atom is -0.345 e. The van der Waals surface area contributed by atoms with E-state index in [0.29, 0.717) is 5.82 Å². The van der Waals surface area contributed by atoms with E-state index in [-0.39, 0.29) is 11.4 Å². The van der Waals surface area contributed by atoms with E-state index in [1.165, 1.54) is 10.9 Å². The van der Waals surface area contributed by atoms with Crippen LogP contribution in [0.25, 0.3) is 16.7 Å². The number of nitrogens with zero attached hydrogens (tertiary/aromatic N) is 4. The highest BCUT2D eigenvalue weighted by Gasteiger charge is 2.20. The van der Waals surface area contributed by atoms with Gasteiger partial charge < -0.3 is 9.88 Å². The highest BCUT2D eigenvalue weighted by Crippen LogP contribution is 2.20. The summed E-state index contributed by atoms with van der Waals surface area (Å²) in [6.45, 7) is 1.36. The van der Waals surface area contributed by atoms with Crippen LogP contribution in [0.3, 0.4) is 0 Å². The first kappa shape index (κ1) is 22.7.